The molecule has 0 radical (unpaired) electrons. The van der Waals surface area contributed by atoms with E-state index in [1.807, 2.05) is 6.92 Å². The molecule has 1 aromatic carbocycles. The molecule has 3 heteroatoms. The fourth-order valence-electron chi connectivity index (χ4n) is 1.86. The third kappa shape index (κ3) is 5.32. The van der Waals surface area contributed by atoms with Crippen LogP contribution in [0.2, 0.25) is 0 Å². The summed E-state index contributed by atoms with van der Waals surface area (Å²) in [5.41, 5.74) is 7.80. The number of unbranched alkanes of at least 4 members (excludes halogenated alkanes) is 2. The van der Waals surface area contributed by atoms with E-state index in [4.69, 9.17) is 5.73 Å². The highest BCUT2D eigenvalue weighted by Crippen LogP contribution is 2.13. The molecule has 0 aromatic heterocycles. The maximum Gasteiger partial charge on any atom is 0.220 e. The Morgan fingerprint density at radius 1 is 1.22 bits per heavy atom. The lowest BCUT2D eigenvalue weighted by Gasteiger charge is -2.14. The molecule has 0 spiro atoms. The molecule has 0 heterocycles. The summed E-state index contributed by atoms with van der Waals surface area (Å²) in [6, 6.07) is 8.34. The van der Waals surface area contributed by atoms with Crippen LogP contribution in [-0.4, -0.2) is 12.5 Å². The first kappa shape index (κ1) is 14.7. The highest BCUT2D eigenvalue weighted by Gasteiger charge is 2.08. The van der Waals surface area contributed by atoms with Gasteiger partial charge in [0.2, 0.25) is 5.91 Å². The van der Waals surface area contributed by atoms with E-state index in [1.54, 1.807) is 0 Å². The first-order chi connectivity index (χ1) is 8.63. The van der Waals surface area contributed by atoms with Crippen LogP contribution in [0, 0.1) is 6.92 Å². The minimum Gasteiger partial charge on any atom is -0.350 e. The Morgan fingerprint density at radius 2 is 1.89 bits per heavy atom. The summed E-state index contributed by atoms with van der Waals surface area (Å²) in [5.74, 6) is 0.125. The highest BCUT2D eigenvalue weighted by atomic mass is 16.1. The van der Waals surface area contributed by atoms with Gasteiger partial charge in [0.1, 0.15) is 0 Å². The van der Waals surface area contributed by atoms with Gasteiger partial charge in [-0.05, 0) is 38.8 Å². The number of nitrogens with one attached hydrogen (secondary N) is 1. The second kappa shape index (κ2) is 7.88. The van der Waals surface area contributed by atoms with Crippen LogP contribution in [0.15, 0.2) is 24.3 Å². The zero-order chi connectivity index (χ0) is 13.4. The van der Waals surface area contributed by atoms with Gasteiger partial charge < -0.3 is 11.1 Å². The van der Waals surface area contributed by atoms with Crippen molar-refractivity contribution in [3.05, 3.63) is 35.4 Å². The summed E-state index contributed by atoms with van der Waals surface area (Å²) < 4.78 is 0. The first-order valence-corrected chi connectivity index (χ1v) is 6.69. The predicted octanol–water partition coefficient (Wildman–Crippen LogP) is 2.69. The average Bonchev–Trinajstić information content (AvgIpc) is 2.35. The number of carbonyl (C=O) groups excluding carboxylic acids is 1. The molecule has 1 rings (SSSR count). The minimum absolute atomic E-state index is 0.0765. The molecule has 0 unspecified atom stereocenters. The molecule has 0 aliphatic rings. The van der Waals surface area contributed by atoms with Crippen molar-refractivity contribution in [1.82, 2.24) is 5.32 Å². The molecule has 0 bridgehead atoms. The van der Waals surface area contributed by atoms with Gasteiger partial charge in [0, 0.05) is 6.42 Å². The van der Waals surface area contributed by atoms with Crippen LogP contribution in [0.4, 0.5) is 0 Å². The first-order valence-electron chi connectivity index (χ1n) is 6.69. The molecule has 1 amide bonds. The summed E-state index contributed by atoms with van der Waals surface area (Å²) in [4.78, 5) is 11.7. The van der Waals surface area contributed by atoms with Gasteiger partial charge in [0.15, 0.2) is 0 Å². The summed E-state index contributed by atoms with van der Waals surface area (Å²) in [6.07, 6.45) is 3.55. The van der Waals surface area contributed by atoms with Crippen molar-refractivity contribution in [3.63, 3.8) is 0 Å². The summed E-state index contributed by atoms with van der Waals surface area (Å²) in [7, 11) is 0. The van der Waals surface area contributed by atoms with E-state index in [2.05, 4.69) is 36.5 Å². The van der Waals surface area contributed by atoms with Crippen LogP contribution < -0.4 is 11.1 Å². The molecular weight excluding hydrogens is 224 g/mol. The van der Waals surface area contributed by atoms with Crippen molar-refractivity contribution in [1.29, 1.82) is 0 Å². The number of carbonyl (C=O) groups is 1. The molecule has 1 aromatic rings. The number of nitrogens with two attached hydrogens (primary N) is 1. The van der Waals surface area contributed by atoms with Crippen LogP contribution in [0.1, 0.15) is 49.8 Å². The molecule has 0 saturated heterocycles. The smallest absolute Gasteiger partial charge is 0.220 e. The largest absolute Gasteiger partial charge is 0.350 e. The maximum atomic E-state index is 11.7. The topological polar surface area (TPSA) is 55.1 Å². The van der Waals surface area contributed by atoms with Gasteiger partial charge in [-0.3, -0.25) is 4.79 Å². The Bertz CT molecular complexity index is 359. The molecule has 0 saturated carbocycles. The van der Waals surface area contributed by atoms with E-state index in [-0.39, 0.29) is 11.9 Å². The van der Waals surface area contributed by atoms with Crippen molar-refractivity contribution >= 4 is 5.91 Å². The zero-order valence-electron chi connectivity index (χ0n) is 11.4. The van der Waals surface area contributed by atoms with Crippen molar-refractivity contribution in [2.24, 2.45) is 5.73 Å². The Kier molecular flexibility index (Phi) is 6.44. The third-order valence-electron chi connectivity index (χ3n) is 3.06. The Labute approximate surface area is 110 Å². The van der Waals surface area contributed by atoms with Crippen molar-refractivity contribution in [2.75, 3.05) is 6.54 Å². The van der Waals surface area contributed by atoms with Crippen LogP contribution >= 0.6 is 0 Å². The van der Waals surface area contributed by atoms with E-state index < -0.39 is 0 Å². The van der Waals surface area contributed by atoms with Gasteiger partial charge in [0.05, 0.1) is 6.04 Å². The Hall–Kier alpha value is -1.35. The zero-order valence-corrected chi connectivity index (χ0v) is 11.4. The normalized spacial score (nSPS) is 12.2. The fourth-order valence-corrected chi connectivity index (χ4v) is 1.86. The Morgan fingerprint density at radius 3 is 2.50 bits per heavy atom. The average molecular weight is 248 g/mol. The van der Waals surface area contributed by atoms with Crippen molar-refractivity contribution in [2.45, 2.75) is 45.6 Å². The van der Waals surface area contributed by atoms with Gasteiger partial charge in [-0.15, -0.1) is 0 Å². The molecule has 3 N–H and O–H groups in total. The maximum absolute atomic E-state index is 11.7. The second-order valence-corrected chi connectivity index (χ2v) is 4.80. The van der Waals surface area contributed by atoms with Crippen LogP contribution in [0.25, 0.3) is 0 Å². The van der Waals surface area contributed by atoms with Gasteiger partial charge in [-0.1, -0.05) is 36.2 Å². The number of hydrogen-bond acceptors (Lipinski definition) is 2. The summed E-state index contributed by atoms with van der Waals surface area (Å²) in [5, 5.41) is 3.02. The van der Waals surface area contributed by atoms with Gasteiger partial charge in [0.25, 0.3) is 0 Å². The summed E-state index contributed by atoms with van der Waals surface area (Å²) >= 11 is 0. The monoisotopic (exact) mass is 248 g/mol. The van der Waals surface area contributed by atoms with E-state index in [0.29, 0.717) is 13.0 Å². The highest BCUT2D eigenvalue weighted by molar-refractivity contribution is 5.76. The van der Waals surface area contributed by atoms with Gasteiger partial charge >= 0.3 is 0 Å². The quantitative estimate of drug-likeness (QED) is 0.729. The third-order valence-corrected chi connectivity index (χ3v) is 3.06. The van der Waals surface area contributed by atoms with Crippen LogP contribution in [-0.2, 0) is 4.79 Å². The second-order valence-electron chi connectivity index (χ2n) is 4.80. The molecule has 18 heavy (non-hydrogen) atoms. The van der Waals surface area contributed by atoms with Gasteiger partial charge in [-0.2, -0.15) is 0 Å². The molecule has 3 nitrogen and oxygen atoms in total. The van der Waals surface area contributed by atoms with E-state index >= 15 is 0 Å². The number of hydrogen-bond donors (Lipinski definition) is 2. The van der Waals surface area contributed by atoms with Gasteiger partial charge in [-0.25, -0.2) is 0 Å². The molecule has 1 atom stereocenters. The summed E-state index contributed by atoms with van der Waals surface area (Å²) in [6.45, 7) is 4.79. The minimum atomic E-state index is 0.0765. The lowest BCUT2D eigenvalue weighted by molar-refractivity contribution is -0.121. The fraction of sp³-hybridized carbons (Fsp3) is 0.533. The number of rotatable bonds is 7. The van der Waals surface area contributed by atoms with Crippen molar-refractivity contribution < 1.29 is 4.79 Å². The number of benzene rings is 1. The lowest BCUT2D eigenvalue weighted by Crippen LogP contribution is -2.26. The molecule has 0 aliphatic heterocycles. The molecule has 0 fully saturated rings. The number of amides is 1. The van der Waals surface area contributed by atoms with Crippen LogP contribution in [0.5, 0.6) is 0 Å². The Balaban J connectivity index is 2.33. The molecule has 100 valence electrons. The number of aryl methyl sites for hydroxylation is 1. The van der Waals surface area contributed by atoms with E-state index in [0.717, 1.165) is 24.8 Å². The van der Waals surface area contributed by atoms with E-state index in [9.17, 15) is 4.79 Å². The standard InChI is InChI=1S/C15H24N2O/c1-12-7-9-14(10-8-12)13(2)17-15(18)6-4-3-5-11-16/h7-10,13H,3-6,11,16H2,1-2H3,(H,17,18)/t13-/m0/s1. The molecular formula is C15H24N2O. The molecule has 0 aliphatic carbocycles. The lowest BCUT2D eigenvalue weighted by atomic mass is 10.1. The SMILES string of the molecule is Cc1ccc([C@H](C)NC(=O)CCCCCN)cc1. The predicted molar refractivity (Wildman–Crippen MR) is 75.3 cm³/mol. The van der Waals surface area contributed by atoms with E-state index in [1.165, 1.54) is 5.56 Å². The van der Waals surface area contributed by atoms with Crippen molar-refractivity contribution in [3.8, 4) is 0 Å². The van der Waals surface area contributed by atoms with Crippen LogP contribution in [0.3, 0.4) is 0 Å².